The summed E-state index contributed by atoms with van der Waals surface area (Å²) in [5, 5.41) is 17.7. The van der Waals surface area contributed by atoms with Gasteiger partial charge in [-0.25, -0.2) is 0 Å². The average molecular weight is 282 g/mol. The van der Waals surface area contributed by atoms with Gasteiger partial charge in [0.25, 0.3) is 0 Å². The quantitative estimate of drug-likeness (QED) is 0.614. The standard InChI is InChI=1S/C10H4Cl2F3NO/c11-7-2-1-5(3-8(7)12)6(4-16)9(17)10(13,14)15/h1-3,17H/b9-6-. The summed E-state index contributed by atoms with van der Waals surface area (Å²) in [5.74, 6) is -1.96. The minimum Gasteiger partial charge on any atom is -0.503 e. The molecule has 1 N–H and O–H groups in total. The van der Waals surface area contributed by atoms with Gasteiger partial charge in [0, 0.05) is 0 Å². The maximum absolute atomic E-state index is 12.2. The number of hydrogen-bond donors (Lipinski definition) is 1. The van der Waals surface area contributed by atoms with Gasteiger partial charge in [0.1, 0.15) is 11.6 Å². The Morgan fingerprint density at radius 3 is 2.24 bits per heavy atom. The van der Waals surface area contributed by atoms with Crippen LogP contribution in [0.25, 0.3) is 5.57 Å². The van der Waals surface area contributed by atoms with Crippen LogP contribution in [0.3, 0.4) is 0 Å². The second-order valence-electron chi connectivity index (χ2n) is 2.96. The lowest BCUT2D eigenvalue weighted by atomic mass is 10.1. The van der Waals surface area contributed by atoms with Crippen molar-refractivity contribution >= 4 is 28.8 Å². The molecule has 0 aliphatic heterocycles. The van der Waals surface area contributed by atoms with E-state index in [1.54, 1.807) is 0 Å². The number of halogens is 5. The first kappa shape index (κ1) is 13.7. The highest BCUT2D eigenvalue weighted by atomic mass is 35.5. The fourth-order valence-corrected chi connectivity index (χ4v) is 1.35. The van der Waals surface area contributed by atoms with Gasteiger partial charge in [0.2, 0.25) is 5.76 Å². The molecule has 0 saturated carbocycles. The molecule has 90 valence electrons. The van der Waals surface area contributed by atoms with Crippen molar-refractivity contribution in [3.63, 3.8) is 0 Å². The lowest BCUT2D eigenvalue weighted by Gasteiger charge is -2.08. The van der Waals surface area contributed by atoms with Gasteiger partial charge in [-0.15, -0.1) is 0 Å². The van der Waals surface area contributed by atoms with E-state index in [0.29, 0.717) is 0 Å². The van der Waals surface area contributed by atoms with E-state index in [4.69, 9.17) is 33.6 Å². The number of benzene rings is 1. The number of nitriles is 1. The zero-order chi connectivity index (χ0) is 13.2. The molecule has 0 aliphatic carbocycles. The second kappa shape index (κ2) is 4.86. The Labute approximate surface area is 104 Å². The van der Waals surface area contributed by atoms with E-state index in [1.807, 2.05) is 0 Å². The summed E-state index contributed by atoms with van der Waals surface area (Å²) in [5.41, 5.74) is -1.06. The summed E-state index contributed by atoms with van der Waals surface area (Å²) in [7, 11) is 0. The van der Waals surface area contributed by atoms with Crippen LogP contribution in [0, 0.1) is 11.3 Å². The largest absolute Gasteiger partial charge is 0.503 e. The van der Waals surface area contributed by atoms with E-state index in [0.717, 1.165) is 12.1 Å². The van der Waals surface area contributed by atoms with E-state index in [9.17, 15) is 13.2 Å². The zero-order valence-corrected chi connectivity index (χ0v) is 9.53. The number of allylic oxidation sites excluding steroid dienone is 2. The van der Waals surface area contributed by atoms with E-state index in [2.05, 4.69) is 0 Å². The zero-order valence-electron chi connectivity index (χ0n) is 8.02. The molecule has 0 atom stereocenters. The second-order valence-corrected chi connectivity index (χ2v) is 3.78. The van der Waals surface area contributed by atoms with Crippen molar-refractivity contribution in [2.24, 2.45) is 0 Å². The van der Waals surface area contributed by atoms with Crippen molar-refractivity contribution in [1.82, 2.24) is 0 Å². The highest BCUT2D eigenvalue weighted by Crippen LogP contribution is 2.32. The molecule has 1 aromatic carbocycles. The summed E-state index contributed by atoms with van der Waals surface area (Å²) < 4.78 is 36.7. The van der Waals surface area contributed by atoms with Crippen LogP contribution in [0.2, 0.25) is 10.0 Å². The van der Waals surface area contributed by atoms with Crippen molar-refractivity contribution in [2.75, 3.05) is 0 Å². The molecule has 7 heteroatoms. The molecule has 0 amide bonds. The molecule has 0 spiro atoms. The van der Waals surface area contributed by atoms with E-state index >= 15 is 0 Å². The SMILES string of the molecule is N#C/C(=C(/O)C(F)(F)F)c1ccc(Cl)c(Cl)c1. The Kier molecular flexibility index (Phi) is 3.91. The van der Waals surface area contributed by atoms with Crippen molar-refractivity contribution in [1.29, 1.82) is 5.26 Å². The van der Waals surface area contributed by atoms with E-state index in [-0.39, 0.29) is 15.6 Å². The molecule has 0 aliphatic rings. The van der Waals surface area contributed by atoms with Crippen molar-refractivity contribution in [3.05, 3.63) is 39.6 Å². The molecule has 2 nitrogen and oxygen atoms in total. The first-order valence-electron chi connectivity index (χ1n) is 4.13. The summed E-state index contributed by atoms with van der Waals surface area (Å²) in [4.78, 5) is 0. The number of rotatable bonds is 1. The lowest BCUT2D eigenvalue weighted by molar-refractivity contribution is -0.119. The number of aliphatic hydroxyl groups excluding tert-OH is 1. The van der Waals surface area contributed by atoms with Gasteiger partial charge in [0.15, 0.2) is 0 Å². The summed E-state index contributed by atoms with van der Waals surface area (Å²) in [6.07, 6.45) is -4.99. The minimum absolute atomic E-state index is 0.00751. The fourth-order valence-electron chi connectivity index (χ4n) is 1.05. The maximum Gasteiger partial charge on any atom is 0.450 e. The van der Waals surface area contributed by atoms with Crippen LogP contribution < -0.4 is 0 Å². The molecule has 0 bridgehead atoms. The number of hydrogen-bond acceptors (Lipinski definition) is 2. The molecule has 0 unspecified atom stereocenters. The van der Waals surface area contributed by atoms with Crippen LogP contribution in [-0.4, -0.2) is 11.3 Å². The third-order valence-corrected chi connectivity index (χ3v) is 2.56. The van der Waals surface area contributed by atoms with Crippen LogP contribution in [0.15, 0.2) is 24.0 Å². The number of aliphatic hydroxyl groups is 1. The lowest BCUT2D eigenvalue weighted by Crippen LogP contribution is -2.13. The van der Waals surface area contributed by atoms with E-state index in [1.165, 1.54) is 12.1 Å². The molecule has 17 heavy (non-hydrogen) atoms. The number of alkyl halides is 3. The molecule has 0 saturated heterocycles. The van der Waals surface area contributed by atoms with Gasteiger partial charge in [-0.1, -0.05) is 29.3 Å². The molecular formula is C10H4Cl2F3NO. The summed E-state index contributed by atoms with van der Waals surface area (Å²) in [6.45, 7) is 0. The Morgan fingerprint density at radius 1 is 1.24 bits per heavy atom. The third kappa shape index (κ3) is 3.05. The Morgan fingerprint density at radius 2 is 1.82 bits per heavy atom. The van der Waals surface area contributed by atoms with Crippen LogP contribution in [-0.2, 0) is 0 Å². The van der Waals surface area contributed by atoms with Crippen LogP contribution in [0.4, 0.5) is 13.2 Å². The van der Waals surface area contributed by atoms with Crippen molar-refractivity contribution in [2.45, 2.75) is 6.18 Å². The van der Waals surface area contributed by atoms with Crippen molar-refractivity contribution in [3.8, 4) is 6.07 Å². The molecule has 1 aromatic rings. The smallest absolute Gasteiger partial charge is 0.450 e. The minimum atomic E-state index is -4.99. The predicted molar refractivity (Wildman–Crippen MR) is 57.7 cm³/mol. The van der Waals surface area contributed by atoms with Gasteiger partial charge in [-0.05, 0) is 17.7 Å². The van der Waals surface area contributed by atoms with Gasteiger partial charge >= 0.3 is 6.18 Å². The van der Waals surface area contributed by atoms with E-state index < -0.39 is 17.5 Å². The molecule has 0 radical (unpaired) electrons. The maximum atomic E-state index is 12.2. The first-order valence-corrected chi connectivity index (χ1v) is 4.89. The number of nitrogens with zero attached hydrogens (tertiary/aromatic N) is 1. The Hall–Kier alpha value is -1.38. The topological polar surface area (TPSA) is 44.0 Å². The monoisotopic (exact) mass is 281 g/mol. The fraction of sp³-hybridized carbons (Fsp3) is 0.100. The van der Waals surface area contributed by atoms with Crippen LogP contribution >= 0.6 is 23.2 Å². The molecule has 1 rings (SSSR count). The van der Waals surface area contributed by atoms with Crippen molar-refractivity contribution < 1.29 is 18.3 Å². The summed E-state index contributed by atoms with van der Waals surface area (Å²) in [6, 6.07) is 4.75. The average Bonchev–Trinajstić information content (AvgIpc) is 2.23. The normalized spacial score (nSPS) is 12.9. The van der Waals surface area contributed by atoms with Gasteiger partial charge in [0.05, 0.1) is 10.0 Å². The summed E-state index contributed by atoms with van der Waals surface area (Å²) >= 11 is 11.2. The molecule has 0 heterocycles. The van der Waals surface area contributed by atoms with Gasteiger partial charge < -0.3 is 5.11 Å². The highest BCUT2D eigenvalue weighted by Gasteiger charge is 2.37. The Bertz CT molecular complexity index is 517. The molecule has 0 aromatic heterocycles. The molecular weight excluding hydrogens is 278 g/mol. The first-order chi connectivity index (χ1) is 7.77. The van der Waals surface area contributed by atoms with Gasteiger partial charge in [-0.2, -0.15) is 18.4 Å². The predicted octanol–water partition coefficient (Wildman–Crippen LogP) is 4.35. The van der Waals surface area contributed by atoms with Crippen LogP contribution in [0.1, 0.15) is 5.56 Å². The van der Waals surface area contributed by atoms with Crippen LogP contribution in [0.5, 0.6) is 0 Å². The third-order valence-electron chi connectivity index (χ3n) is 1.83. The highest BCUT2D eigenvalue weighted by molar-refractivity contribution is 6.42. The van der Waals surface area contributed by atoms with Gasteiger partial charge in [-0.3, -0.25) is 0 Å². The molecule has 0 fully saturated rings. The Balaban J connectivity index is 3.39.